The zero-order valence-electron chi connectivity index (χ0n) is 23.7. The van der Waals surface area contributed by atoms with E-state index in [0.29, 0.717) is 0 Å². The number of ether oxygens (including phenoxy) is 6. The van der Waals surface area contributed by atoms with Gasteiger partial charge in [-0.05, 0) is 23.6 Å². The molecule has 0 bridgehead atoms. The standard InChI is InChI=1S/C33H38O8/c1-23(33(35)36-3)29-31(39-20-26-15-9-5-10-16-26)32(40-21-27-17-11-6-12-18-27)30(28(41-29)22-37-24(2)34)38-19-25-13-7-4-8-14-25/h4-18,23,28-32H,19-22H2,1-3H3/t23-,28+,29?,30-,31-,32-/m0/s1. The minimum atomic E-state index is -0.760. The lowest BCUT2D eigenvalue weighted by molar-refractivity contribution is -0.278. The third-order valence-corrected chi connectivity index (χ3v) is 7.04. The smallest absolute Gasteiger partial charge is 0.311 e. The number of carbonyl (C=O) groups excluding carboxylic acids is 2. The molecule has 4 rings (SSSR count). The van der Waals surface area contributed by atoms with Gasteiger partial charge >= 0.3 is 11.9 Å². The zero-order valence-corrected chi connectivity index (χ0v) is 23.7. The molecular formula is C33H38O8. The Morgan fingerprint density at radius 1 is 0.707 bits per heavy atom. The van der Waals surface area contributed by atoms with E-state index in [9.17, 15) is 9.59 Å². The van der Waals surface area contributed by atoms with Gasteiger partial charge in [0.15, 0.2) is 0 Å². The second kappa shape index (κ2) is 15.4. The molecule has 1 fully saturated rings. The number of benzene rings is 3. The molecule has 0 saturated carbocycles. The molecule has 1 unspecified atom stereocenters. The third-order valence-electron chi connectivity index (χ3n) is 7.04. The fourth-order valence-corrected chi connectivity index (χ4v) is 4.88. The summed E-state index contributed by atoms with van der Waals surface area (Å²) >= 11 is 0. The first kappa shape index (κ1) is 30.4. The number of rotatable bonds is 13. The van der Waals surface area contributed by atoms with Crippen LogP contribution in [0.25, 0.3) is 0 Å². The van der Waals surface area contributed by atoms with Gasteiger partial charge in [0.05, 0.1) is 32.8 Å². The molecule has 8 heteroatoms. The Kier molecular flexibility index (Phi) is 11.5. The van der Waals surface area contributed by atoms with Crippen LogP contribution in [0.3, 0.4) is 0 Å². The predicted octanol–water partition coefficient (Wildman–Crippen LogP) is 4.88. The molecule has 6 atom stereocenters. The Labute approximate surface area is 241 Å². The summed E-state index contributed by atoms with van der Waals surface area (Å²) in [6, 6.07) is 29.3. The lowest BCUT2D eigenvalue weighted by Gasteiger charge is -2.47. The highest BCUT2D eigenvalue weighted by molar-refractivity contribution is 5.72. The second-order valence-corrected chi connectivity index (χ2v) is 10.0. The van der Waals surface area contributed by atoms with Gasteiger partial charge in [0.1, 0.15) is 37.1 Å². The van der Waals surface area contributed by atoms with E-state index in [4.69, 9.17) is 28.4 Å². The zero-order chi connectivity index (χ0) is 29.0. The van der Waals surface area contributed by atoms with Crippen LogP contribution in [-0.2, 0) is 57.8 Å². The van der Waals surface area contributed by atoms with E-state index in [-0.39, 0.29) is 26.4 Å². The van der Waals surface area contributed by atoms with E-state index in [2.05, 4.69) is 0 Å². The Bertz CT molecular complexity index is 1200. The van der Waals surface area contributed by atoms with Gasteiger partial charge in [-0.1, -0.05) is 91.0 Å². The van der Waals surface area contributed by atoms with Crippen molar-refractivity contribution >= 4 is 11.9 Å². The highest BCUT2D eigenvalue weighted by atomic mass is 16.6. The summed E-state index contributed by atoms with van der Waals surface area (Å²) in [5, 5.41) is 0. The summed E-state index contributed by atoms with van der Waals surface area (Å²) in [6.07, 6.45) is -3.54. The number of esters is 2. The van der Waals surface area contributed by atoms with Crippen molar-refractivity contribution in [2.24, 2.45) is 5.92 Å². The number of hydrogen-bond acceptors (Lipinski definition) is 8. The summed E-state index contributed by atoms with van der Waals surface area (Å²) in [4.78, 5) is 24.6. The van der Waals surface area contributed by atoms with E-state index in [1.165, 1.54) is 14.0 Å². The molecule has 0 N–H and O–H groups in total. The van der Waals surface area contributed by atoms with E-state index in [1.807, 2.05) is 91.0 Å². The molecular weight excluding hydrogens is 524 g/mol. The Morgan fingerprint density at radius 3 is 1.59 bits per heavy atom. The van der Waals surface area contributed by atoms with E-state index in [0.717, 1.165) is 16.7 Å². The van der Waals surface area contributed by atoms with E-state index in [1.54, 1.807) is 6.92 Å². The number of methoxy groups -OCH3 is 1. The Balaban J connectivity index is 1.69. The third kappa shape index (κ3) is 8.71. The van der Waals surface area contributed by atoms with Gasteiger partial charge in [-0.2, -0.15) is 0 Å². The highest BCUT2D eigenvalue weighted by Gasteiger charge is 2.51. The van der Waals surface area contributed by atoms with Crippen LogP contribution in [0, 0.1) is 5.92 Å². The molecule has 1 aliphatic heterocycles. The van der Waals surface area contributed by atoms with Gasteiger partial charge < -0.3 is 28.4 Å². The van der Waals surface area contributed by atoms with Crippen LogP contribution in [-0.4, -0.2) is 56.2 Å². The monoisotopic (exact) mass is 562 g/mol. The van der Waals surface area contributed by atoms with Gasteiger partial charge in [0, 0.05) is 6.92 Å². The fourth-order valence-electron chi connectivity index (χ4n) is 4.88. The maximum atomic E-state index is 12.8. The summed E-state index contributed by atoms with van der Waals surface area (Å²) in [5.74, 6) is -1.59. The van der Waals surface area contributed by atoms with Crippen LogP contribution in [0.5, 0.6) is 0 Å². The summed E-state index contributed by atoms with van der Waals surface area (Å²) in [7, 11) is 1.34. The average molecular weight is 563 g/mol. The molecule has 3 aromatic rings. The molecule has 41 heavy (non-hydrogen) atoms. The van der Waals surface area contributed by atoms with Crippen molar-refractivity contribution in [2.45, 2.75) is 64.2 Å². The molecule has 1 saturated heterocycles. The first-order valence-electron chi connectivity index (χ1n) is 13.8. The van der Waals surface area contributed by atoms with Crippen LogP contribution >= 0.6 is 0 Å². The van der Waals surface area contributed by atoms with Gasteiger partial charge in [0.25, 0.3) is 0 Å². The van der Waals surface area contributed by atoms with Crippen molar-refractivity contribution in [3.05, 3.63) is 108 Å². The van der Waals surface area contributed by atoms with Crippen LogP contribution in [0.1, 0.15) is 30.5 Å². The minimum Gasteiger partial charge on any atom is -0.469 e. The fraction of sp³-hybridized carbons (Fsp3) is 0.394. The van der Waals surface area contributed by atoms with Crippen molar-refractivity contribution in [3.8, 4) is 0 Å². The first-order valence-corrected chi connectivity index (χ1v) is 13.8. The maximum Gasteiger partial charge on any atom is 0.311 e. The summed E-state index contributed by atoms with van der Waals surface area (Å²) < 4.78 is 36.5. The highest BCUT2D eigenvalue weighted by Crippen LogP contribution is 2.34. The SMILES string of the molecule is COC(=O)[C@@H](C)C1O[C@H](COC(C)=O)[C@H](OCc2ccccc2)[C@H](OCc2ccccc2)[C@H]1OCc1ccccc1. The van der Waals surface area contributed by atoms with Gasteiger partial charge in [-0.25, -0.2) is 0 Å². The Morgan fingerprint density at radius 2 is 1.15 bits per heavy atom. The largest absolute Gasteiger partial charge is 0.469 e. The molecule has 0 aliphatic carbocycles. The predicted molar refractivity (Wildman–Crippen MR) is 152 cm³/mol. The lowest BCUT2D eigenvalue weighted by Crippen LogP contribution is -2.63. The first-order chi connectivity index (χ1) is 20.0. The molecule has 1 heterocycles. The number of carbonyl (C=O) groups is 2. The van der Waals surface area contributed by atoms with Gasteiger partial charge in [-0.15, -0.1) is 0 Å². The number of hydrogen-bond donors (Lipinski definition) is 0. The van der Waals surface area contributed by atoms with Crippen molar-refractivity contribution in [1.82, 2.24) is 0 Å². The van der Waals surface area contributed by atoms with Gasteiger partial charge in [-0.3, -0.25) is 9.59 Å². The quantitative estimate of drug-likeness (QED) is 0.272. The van der Waals surface area contributed by atoms with Crippen LogP contribution in [0.15, 0.2) is 91.0 Å². The van der Waals surface area contributed by atoms with Crippen LogP contribution in [0.4, 0.5) is 0 Å². The van der Waals surface area contributed by atoms with Crippen molar-refractivity contribution in [3.63, 3.8) is 0 Å². The minimum absolute atomic E-state index is 0.0736. The molecule has 0 amide bonds. The lowest BCUT2D eigenvalue weighted by atomic mass is 9.88. The summed E-state index contributed by atoms with van der Waals surface area (Å²) in [5.41, 5.74) is 2.90. The van der Waals surface area contributed by atoms with Gasteiger partial charge in [0.2, 0.25) is 0 Å². The molecule has 3 aromatic carbocycles. The summed E-state index contributed by atoms with van der Waals surface area (Å²) in [6.45, 7) is 3.82. The van der Waals surface area contributed by atoms with Crippen molar-refractivity contribution < 1.29 is 38.0 Å². The van der Waals surface area contributed by atoms with E-state index >= 15 is 0 Å². The molecule has 8 nitrogen and oxygen atoms in total. The van der Waals surface area contributed by atoms with Crippen molar-refractivity contribution in [2.75, 3.05) is 13.7 Å². The average Bonchev–Trinajstić information content (AvgIpc) is 3.01. The Hall–Kier alpha value is -3.56. The maximum absolute atomic E-state index is 12.8. The van der Waals surface area contributed by atoms with E-state index < -0.39 is 48.4 Å². The second-order valence-electron chi connectivity index (χ2n) is 10.0. The molecule has 218 valence electrons. The van der Waals surface area contributed by atoms with Crippen molar-refractivity contribution in [1.29, 1.82) is 0 Å². The van der Waals surface area contributed by atoms with Crippen LogP contribution in [0.2, 0.25) is 0 Å². The molecule has 0 aromatic heterocycles. The van der Waals surface area contributed by atoms with Crippen LogP contribution < -0.4 is 0 Å². The molecule has 0 radical (unpaired) electrons. The molecule has 0 spiro atoms. The normalized spacial score (nSPS) is 23.0. The molecule has 1 aliphatic rings. The topological polar surface area (TPSA) is 89.5 Å².